The van der Waals surface area contributed by atoms with Crippen LogP contribution in [-0.4, -0.2) is 40.5 Å². The summed E-state index contributed by atoms with van der Waals surface area (Å²) in [4.78, 5) is 11.9. The first-order valence-corrected chi connectivity index (χ1v) is 10.0. The van der Waals surface area contributed by atoms with Gasteiger partial charge in [-0.3, -0.25) is 14.9 Å². The molecule has 3 heterocycles. The van der Waals surface area contributed by atoms with E-state index >= 15 is 0 Å². The van der Waals surface area contributed by atoms with E-state index in [4.69, 9.17) is 10.7 Å². The van der Waals surface area contributed by atoms with Gasteiger partial charge in [-0.15, -0.1) is 0 Å². The molecule has 0 aromatic carbocycles. The fourth-order valence-corrected chi connectivity index (χ4v) is 4.36. The minimum Gasteiger partial charge on any atom is -0.327 e. The molecule has 2 aromatic heterocycles. The van der Waals surface area contributed by atoms with Crippen LogP contribution in [0.2, 0.25) is 0 Å². The molecule has 0 saturated heterocycles. The molecule has 0 spiro atoms. The lowest BCUT2D eigenvalue weighted by atomic mass is 9.90. The third-order valence-corrected chi connectivity index (χ3v) is 5.71. The molecule has 4 rings (SSSR count). The fourth-order valence-electron chi connectivity index (χ4n) is 4.36. The predicted octanol–water partition coefficient (Wildman–Crippen LogP) is 2.39. The third-order valence-electron chi connectivity index (χ3n) is 5.71. The van der Waals surface area contributed by atoms with Crippen LogP contribution in [0.1, 0.15) is 41.4 Å². The first-order chi connectivity index (χ1) is 13.3. The number of aromatic nitrogens is 2. The molecule has 3 N–H and O–H groups in total. The normalized spacial score (nSPS) is 22.0. The topological polar surface area (TPSA) is 67.1 Å². The van der Waals surface area contributed by atoms with Crippen molar-refractivity contribution < 1.29 is 0 Å². The van der Waals surface area contributed by atoms with E-state index in [0.29, 0.717) is 18.6 Å². The predicted molar refractivity (Wildman–Crippen MR) is 108 cm³/mol. The van der Waals surface area contributed by atoms with Gasteiger partial charge in [0.25, 0.3) is 0 Å². The average Bonchev–Trinajstić information content (AvgIpc) is 2.73. The van der Waals surface area contributed by atoms with Crippen LogP contribution < -0.4 is 11.1 Å². The van der Waals surface area contributed by atoms with Gasteiger partial charge in [-0.25, -0.2) is 0 Å². The highest BCUT2D eigenvalue weighted by atomic mass is 15.2. The Morgan fingerprint density at radius 2 is 2.00 bits per heavy atom. The molecule has 0 bridgehead atoms. The van der Waals surface area contributed by atoms with Crippen LogP contribution in [0.4, 0.5) is 0 Å². The quantitative estimate of drug-likeness (QED) is 0.772. The Morgan fingerprint density at radius 1 is 1.15 bits per heavy atom. The zero-order valence-electron chi connectivity index (χ0n) is 15.8. The maximum atomic E-state index is 5.67. The van der Waals surface area contributed by atoms with Crippen LogP contribution in [0, 0.1) is 0 Å². The van der Waals surface area contributed by atoms with Gasteiger partial charge >= 0.3 is 0 Å². The second-order valence-corrected chi connectivity index (χ2v) is 7.51. The molecule has 0 radical (unpaired) electrons. The van der Waals surface area contributed by atoms with E-state index in [1.807, 2.05) is 18.5 Å². The molecule has 2 aliphatic rings. The summed E-state index contributed by atoms with van der Waals surface area (Å²) in [7, 11) is 0. The second kappa shape index (κ2) is 8.74. The molecule has 2 atom stereocenters. The molecule has 142 valence electrons. The molecule has 5 nitrogen and oxygen atoms in total. The van der Waals surface area contributed by atoms with Gasteiger partial charge in [-0.05, 0) is 42.5 Å². The van der Waals surface area contributed by atoms with Crippen molar-refractivity contribution >= 4 is 0 Å². The summed E-state index contributed by atoms with van der Waals surface area (Å²) in [6.45, 7) is 3.39. The van der Waals surface area contributed by atoms with Crippen molar-refractivity contribution in [2.24, 2.45) is 5.73 Å². The van der Waals surface area contributed by atoms with Crippen LogP contribution in [0.15, 0.2) is 48.8 Å². The minimum absolute atomic E-state index is 0.379. The van der Waals surface area contributed by atoms with Crippen molar-refractivity contribution in [2.45, 2.75) is 44.3 Å². The number of nitrogens with one attached hydrogen (secondary N) is 1. The van der Waals surface area contributed by atoms with Crippen LogP contribution in [0.25, 0.3) is 0 Å². The van der Waals surface area contributed by atoms with E-state index in [1.165, 1.54) is 35.4 Å². The lowest BCUT2D eigenvalue weighted by Gasteiger charge is -2.37. The molecule has 0 saturated carbocycles. The van der Waals surface area contributed by atoms with E-state index in [9.17, 15) is 0 Å². The number of nitrogens with zero attached hydrogens (tertiary/aromatic N) is 3. The van der Waals surface area contributed by atoms with Crippen LogP contribution in [0.3, 0.4) is 0 Å². The van der Waals surface area contributed by atoms with Crippen molar-refractivity contribution in [3.8, 4) is 0 Å². The molecule has 1 aliphatic carbocycles. The standard InChI is InChI=1S/C22H29N5/c23-10-1-2-13-27(21-9-3-6-17-7-4-12-25-22(17)21)16-19-14-20-18(15-26-19)8-5-11-24-20/h1-2,4-5,7-8,11-12,19,21,26H,3,6,9-10,13-16,23H2/b2-1-/t19-,21+/m1/s1. The number of hydrogen-bond donors (Lipinski definition) is 2. The van der Waals surface area contributed by atoms with Gasteiger partial charge in [0, 0.05) is 56.7 Å². The lowest BCUT2D eigenvalue weighted by Crippen LogP contribution is -2.46. The van der Waals surface area contributed by atoms with E-state index in [1.54, 1.807) is 0 Å². The summed E-state index contributed by atoms with van der Waals surface area (Å²) in [5.41, 5.74) is 10.9. The first-order valence-electron chi connectivity index (χ1n) is 10.0. The second-order valence-electron chi connectivity index (χ2n) is 7.51. The highest BCUT2D eigenvalue weighted by Gasteiger charge is 2.29. The molecule has 1 aliphatic heterocycles. The van der Waals surface area contributed by atoms with Crippen molar-refractivity contribution in [1.29, 1.82) is 0 Å². The minimum atomic E-state index is 0.379. The number of rotatable bonds is 6. The molecular weight excluding hydrogens is 334 g/mol. The SMILES string of the molecule is NC/C=C\CN(C[C@H]1Cc2ncccc2CN1)[C@H]1CCCc2cccnc21. The Labute approximate surface area is 161 Å². The average molecular weight is 364 g/mol. The van der Waals surface area contributed by atoms with E-state index in [2.05, 4.69) is 45.6 Å². The summed E-state index contributed by atoms with van der Waals surface area (Å²) in [6, 6.07) is 9.29. The molecular formula is C22H29N5. The first kappa shape index (κ1) is 18.3. The largest absolute Gasteiger partial charge is 0.327 e. The van der Waals surface area contributed by atoms with E-state index < -0.39 is 0 Å². The highest BCUT2D eigenvalue weighted by molar-refractivity contribution is 5.26. The molecule has 0 unspecified atom stereocenters. The van der Waals surface area contributed by atoms with Crippen molar-refractivity contribution in [3.63, 3.8) is 0 Å². The zero-order valence-corrected chi connectivity index (χ0v) is 15.8. The molecule has 0 fully saturated rings. The summed E-state index contributed by atoms with van der Waals surface area (Å²) in [5, 5.41) is 3.71. The summed E-state index contributed by atoms with van der Waals surface area (Å²) in [5.74, 6) is 0. The van der Waals surface area contributed by atoms with Crippen LogP contribution in [0.5, 0.6) is 0 Å². The molecule has 0 amide bonds. The number of nitrogens with two attached hydrogens (primary N) is 1. The van der Waals surface area contributed by atoms with Gasteiger partial charge in [-0.1, -0.05) is 24.3 Å². The molecule has 2 aromatic rings. The number of hydrogen-bond acceptors (Lipinski definition) is 5. The van der Waals surface area contributed by atoms with E-state index in [-0.39, 0.29) is 0 Å². The van der Waals surface area contributed by atoms with Gasteiger partial charge in [0.05, 0.1) is 11.7 Å². The fraction of sp³-hybridized carbons (Fsp3) is 0.455. The summed E-state index contributed by atoms with van der Waals surface area (Å²) >= 11 is 0. The summed E-state index contributed by atoms with van der Waals surface area (Å²) < 4.78 is 0. The highest BCUT2D eigenvalue weighted by Crippen LogP contribution is 2.33. The van der Waals surface area contributed by atoms with Crippen molar-refractivity contribution in [1.82, 2.24) is 20.2 Å². The molecule has 27 heavy (non-hydrogen) atoms. The lowest BCUT2D eigenvalue weighted by molar-refractivity contribution is 0.170. The summed E-state index contributed by atoms with van der Waals surface area (Å²) in [6.07, 6.45) is 12.6. The Kier molecular flexibility index (Phi) is 5.92. The van der Waals surface area contributed by atoms with Crippen LogP contribution in [-0.2, 0) is 19.4 Å². The molecule has 5 heteroatoms. The van der Waals surface area contributed by atoms with Gasteiger partial charge in [-0.2, -0.15) is 0 Å². The Hall–Kier alpha value is -2.08. The maximum absolute atomic E-state index is 5.67. The van der Waals surface area contributed by atoms with Crippen LogP contribution >= 0.6 is 0 Å². The van der Waals surface area contributed by atoms with E-state index in [0.717, 1.165) is 32.5 Å². The Morgan fingerprint density at radius 3 is 2.89 bits per heavy atom. The van der Waals surface area contributed by atoms with Gasteiger partial charge < -0.3 is 11.1 Å². The Bertz CT molecular complexity index is 788. The zero-order chi connectivity index (χ0) is 18.5. The number of pyridine rings is 2. The van der Waals surface area contributed by atoms with Crippen molar-refractivity contribution in [2.75, 3.05) is 19.6 Å². The van der Waals surface area contributed by atoms with Gasteiger partial charge in [0.1, 0.15) is 0 Å². The third kappa shape index (κ3) is 4.26. The van der Waals surface area contributed by atoms with Crippen molar-refractivity contribution in [3.05, 3.63) is 71.3 Å². The maximum Gasteiger partial charge on any atom is 0.0607 e. The number of fused-ring (bicyclic) bond motifs is 2. The monoisotopic (exact) mass is 363 g/mol. The smallest absolute Gasteiger partial charge is 0.0607 e. The van der Waals surface area contributed by atoms with Gasteiger partial charge in [0.15, 0.2) is 0 Å². The Balaban J connectivity index is 1.53. The number of aryl methyl sites for hydroxylation is 1. The van der Waals surface area contributed by atoms with Gasteiger partial charge in [0.2, 0.25) is 0 Å².